The van der Waals surface area contributed by atoms with Crippen molar-refractivity contribution in [2.75, 3.05) is 0 Å². The average Bonchev–Trinajstić information content (AvgIpc) is 2.48. The molecule has 2 aromatic rings. The van der Waals surface area contributed by atoms with Crippen molar-refractivity contribution in [1.82, 2.24) is 5.32 Å². The first kappa shape index (κ1) is 14.1. The van der Waals surface area contributed by atoms with E-state index in [1.165, 1.54) is 24.5 Å². The van der Waals surface area contributed by atoms with Crippen LogP contribution in [0.4, 0.5) is 0 Å². The Balaban J connectivity index is 2.12. The Morgan fingerprint density at radius 1 is 1.20 bits per heavy atom. The molecule has 0 bridgehead atoms. The summed E-state index contributed by atoms with van der Waals surface area (Å²) in [5, 5.41) is 14.0. The smallest absolute Gasteiger partial charge is 0.252 e. The van der Waals surface area contributed by atoms with Gasteiger partial charge in [0.1, 0.15) is 0 Å². The molecule has 0 aliphatic carbocycles. The lowest BCUT2D eigenvalue weighted by Crippen LogP contribution is -2.30. The van der Waals surface area contributed by atoms with Gasteiger partial charge in [-0.2, -0.15) is 4.73 Å². The monoisotopic (exact) mass is 270 g/mol. The lowest BCUT2D eigenvalue weighted by molar-refractivity contribution is -0.605. The van der Waals surface area contributed by atoms with Gasteiger partial charge in [0.15, 0.2) is 12.4 Å². The topological polar surface area (TPSA) is 56.0 Å². The molecule has 0 radical (unpaired) electrons. The summed E-state index contributed by atoms with van der Waals surface area (Å²) in [5.41, 5.74) is 1.59. The second-order valence-electron chi connectivity index (χ2n) is 4.67. The van der Waals surface area contributed by atoms with Gasteiger partial charge in [0, 0.05) is 12.1 Å². The highest BCUT2D eigenvalue weighted by atomic mass is 16.5. The second kappa shape index (κ2) is 6.70. The number of hydrogen-bond acceptors (Lipinski definition) is 2. The molecule has 0 aliphatic heterocycles. The van der Waals surface area contributed by atoms with Gasteiger partial charge in [-0.1, -0.05) is 43.7 Å². The van der Waals surface area contributed by atoms with Crippen LogP contribution in [0.25, 0.3) is 0 Å². The highest BCUT2D eigenvalue weighted by Crippen LogP contribution is 2.18. The third-order valence-corrected chi connectivity index (χ3v) is 3.15. The third-order valence-electron chi connectivity index (χ3n) is 3.15. The number of carbonyl (C=O) groups excluding carboxylic acids is 1. The fourth-order valence-corrected chi connectivity index (χ4v) is 2.10. The highest BCUT2D eigenvalue weighted by Gasteiger charge is 2.15. The van der Waals surface area contributed by atoms with E-state index in [4.69, 9.17) is 0 Å². The van der Waals surface area contributed by atoms with Crippen LogP contribution in [-0.4, -0.2) is 5.91 Å². The van der Waals surface area contributed by atoms with E-state index in [9.17, 15) is 10.0 Å². The summed E-state index contributed by atoms with van der Waals surface area (Å²) >= 11 is 0. The zero-order valence-corrected chi connectivity index (χ0v) is 11.5. The summed E-state index contributed by atoms with van der Waals surface area (Å²) < 4.78 is 0.664. The van der Waals surface area contributed by atoms with Crippen molar-refractivity contribution in [2.45, 2.75) is 25.8 Å². The number of nitrogens with one attached hydrogen (secondary N) is 1. The molecule has 0 saturated heterocycles. The zero-order valence-electron chi connectivity index (χ0n) is 11.5. The maximum absolute atomic E-state index is 12.2. The minimum absolute atomic E-state index is 0.00622. The SMILES string of the molecule is CCC[C@@H](NC(=O)c1cc[n+]([O-])cc1)c1ccccc1. The molecule has 0 unspecified atom stereocenters. The highest BCUT2D eigenvalue weighted by molar-refractivity contribution is 5.94. The Bertz CT molecular complexity index is 552. The van der Waals surface area contributed by atoms with Gasteiger partial charge in [0.05, 0.1) is 11.6 Å². The predicted molar refractivity (Wildman–Crippen MR) is 77.0 cm³/mol. The van der Waals surface area contributed by atoms with Crippen molar-refractivity contribution in [3.8, 4) is 0 Å². The van der Waals surface area contributed by atoms with Gasteiger partial charge in [-0.25, -0.2) is 0 Å². The van der Waals surface area contributed by atoms with Gasteiger partial charge in [0.25, 0.3) is 5.91 Å². The zero-order chi connectivity index (χ0) is 14.4. The maximum atomic E-state index is 12.2. The molecule has 1 amide bonds. The Morgan fingerprint density at radius 3 is 2.45 bits per heavy atom. The van der Waals surface area contributed by atoms with Crippen molar-refractivity contribution >= 4 is 5.91 Å². The van der Waals surface area contributed by atoms with Crippen molar-refractivity contribution in [3.05, 3.63) is 71.2 Å². The van der Waals surface area contributed by atoms with Crippen molar-refractivity contribution in [2.24, 2.45) is 0 Å². The quantitative estimate of drug-likeness (QED) is 0.670. The van der Waals surface area contributed by atoms with Crippen LogP contribution in [0.5, 0.6) is 0 Å². The van der Waals surface area contributed by atoms with Gasteiger partial charge < -0.3 is 10.5 Å². The number of benzene rings is 1. The third kappa shape index (κ3) is 3.57. The van der Waals surface area contributed by atoms with Crippen LogP contribution < -0.4 is 10.0 Å². The van der Waals surface area contributed by atoms with Gasteiger partial charge in [-0.3, -0.25) is 4.79 Å². The number of aromatic nitrogens is 1. The van der Waals surface area contributed by atoms with E-state index in [0.29, 0.717) is 10.3 Å². The lowest BCUT2D eigenvalue weighted by Gasteiger charge is -2.18. The number of pyridine rings is 1. The Labute approximate surface area is 118 Å². The second-order valence-corrected chi connectivity index (χ2v) is 4.67. The molecule has 1 atom stereocenters. The molecule has 0 fully saturated rings. The maximum Gasteiger partial charge on any atom is 0.252 e. The van der Waals surface area contributed by atoms with Crippen LogP contribution in [0.1, 0.15) is 41.7 Å². The van der Waals surface area contributed by atoms with E-state index < -0.39 is 0 Å². The average molecular weight is 270 g/mol. The first-order chi connectivity index (χ1) is 9.70. The molecule has 2 rings (SSSR count). The fourth-order valence-electron chi connectivity index (χ4n) is 2.10. The minimum Gasteiger partial charge on any atom is -0.619 e. The number of carbonyl (C=O) groups is 1. The lowest BCUT2D eigenvalue weighted by atomic mass is 10.0. The van der Waals surface area contributed by atoms with E-state index >= 15 is 0 Å². The van der Waals surface area contributed by atoms with Crippen molar-refractivity contribution in [3.63, 3.8) is 0 Å². The summed E-state index contributed by atoms with van der Waals surface area (Å²) in [6.45, 7) is 2.09. The number of rotatable bonds is 5. The standard InChI is InChI=1S/C16H18N2O2/c1-2-6-15(13-7-4-3-5-8-13)17-16(19)14-9-11-18(20)12-10-14/h3-5,7-12,15H,2,6H2,1H3,(H,17,19)/t15-/m1/s1. The normalized spacial score (nSPS) is 11.8. The summed E-state index contributed by atoms with van der Waals surface area (Å²) in [7, 11) is 0. The van der Waals surface area contributed by atoms with Gasteiger partial charge >= 0.3 is 0 Å². The predicted octanol–water partition coefficient (Wildman–Crippen LogP) is 2.59. The van der Waals surface area contributed by atoms with E-state index in [-0.39, 0.29) is 11.9 Å². The Kier molecular flexibility index (Phi) is 4.71. The minimum atomic E-state index is -0.159. The van der Waals surface area contributed by atoms with E-state index in [1.807, 2.05) is 30.3 Å². The Morgan fingerprint density at radius 2 is 1.85 bits per heavy atom. The molecular formula is C16H18N2O2. The molecule has 0 saturated carbocycles. The molecule has 104 valence electrons. The van der Waals surface area contributed by atoms with Gasteiger partial charge in [-0.15, -0.1) is 0 Å². The first-order valence-corrected chi connectivity index (χ1v) is 6.75. The van der Waals surface area contributed by atoms with Crippen LogP contribution in [0.3, 0.4) is 0 Å². The summed E-state index contributed by atoms with van der Waals surface area (Å²) in [6.07, 6.45) is 4.51. The molecule has 0 spiro atoms. The van der Waals surface area contributed by atoms with E-state index in [2.05, 4.69) is 12.2 Å². The van der Waals surface area contributed by atoms with E-state index in [1.54, 1.807) is 0 Å². The Hall–Kier alpha value is -2.36. The molecule has 20 heavy (non-hydrogen) atoms. The molecule has 1 N–H and O–H groups in total. The van der Waals surface area contributed by atoms with E-state index in [0.717, 1.165) is 18.4 Å². The van der Waals surface area contributed by atoms with Crippen LogP contribution in [0, 0.1) is 5.21 Å². The molecule has 1 aromatic carbocycles. The first-order valence-electron chi connectivity index (χ1n) is 6.75. The molecule has 4 heteroatoms. The van der Waals surface area contributed by atoms with Crippen LogP contribution >= 0.6 is 0 Å². The van der Waals surface area contributed by atoms with Crippen molar-refractivity contribution in [1.29, 1.82) is 0 Å². The molecule has 0 aliphatic rings. The van der Waals surface area contributed by atoms with Crippen LogP contribution in [0.15, 0.2) is 54.9 Å². The largest absolute Gasteiger partial charge is 0.619 e. The number of nitrogens with zero attached hydrogens (tertiary/aromatic N) is 1. The molecular weight excluding hydrogens is 252 g/mol. The molecule has 4 nitrogen and oxygen atoms in total. The van der Waals surface area contributed by atoms with Crippen molar-refractivity contribution < 1.29 is 9.52 Å². The number of amides is 1. The summed E-state index contributed by atoms with van der Waals surface area (Å²) in [5.74, 6) is -0.159. The molecule has 1 heterocycles. The van der Waals surface area contributed by atoms with Gasteiger partial charge in [-0.05, 0) is 12.0 Å². The van der Waals surface area contributed by atoms with Crippen LogP contribution in [0.2, 0.25) is 0 Å². The number of hydrogen-bond donors (Lipinski definition) is 1. The summed E-state index contributed by atoms with van der Waals surface area (Å²) in [6, 6.07) is 13.0. The van der Waals surface area contributed by atoms with Crippen LogP contribution in [-0.2, 0) is 0 Å². The van der Waals surface area contributed by atoms with Gasteiger partial charge in [0.2, 0.25) is 0 Å². The fraction of sp³-hybridized carbons (Fsp3) is 0.250. The summed E-state index contributed by atoms with van der Waals surface area (Å²) in [4.78, 5) is 12.2. The molecule has 1 aromatic heterocycles.